The normalized spacial score (nSPS) is 8.78. The van der Waals surface area contributed by atoms with Gasteiger partial charge in [-0.25, -0.2) is 4.79 Å². The Morgan fingerprint density at radius 2 is 1.78 bits per heavy atom. The topological polar surface area (TPSA) is 75.6 Å². The summed E-state index contributed by atoms with van der Waals surface area (Å²) in [4.78, 5) is 21.0. The summed E-state index contributed by atoms with van der Waals surface area (Å²) in [5.74, 6) is -1.10. The lowest BCUT2D eigenvalue weighted by molar-refractivity contribution is -0.135. The monoisotopic (exact) mass is 253 g/mol. The second-order valence-electron chi connectivity index (χ2n) is 3.52. The number of ether oxygens (including phenoxy) is 1. The van der Waals surface area contributed by atoms with Gasteiger partial charge < -0.3 is 15.2 Å². The minimum Gasteiger partial charge on any atom is -0.480 e. The lowest BCUT2D eigenvalue weighted by Crippen LogP contribution is -2.29. The molecule has 0 bridgehead atoms. The number of aliphatic carboxylic acids is 1. The summed E-state index contributed by atoms with van der Waals surface area (Å²) in [6.07, 6.45) is 0.515. The van der Waals surface area contributed by atoms with Crippen molar-refractivity contribution < 1.29 is 19.4 Å². The maximum Gasteiger partial charge on any atom is 0.407 e. The lowest BCUT2D eigenvalue weighted by atomic mass is 10.2. The molecule has 100 valence electrons. The van der Waals surface area contributed by atoms with Crippen molar-refractivity contribution in [3.63, 3.8) is 0 Å². The standard InChI is InChI=1S/C10H11NO4.C3H8/c12-9(13)6-11-10(14)15-7-8-4-2-1-3-5-8;1-3-2/h1-5H,6-7H2,(H,11,14)(H,12,13);3H2,1-2H3. The lowest BCUT2D eigenvalue weighted by Gasteiger charge is -2.04. The Labute approximate surface area is 107 Å². The molecular formula is C13H19NO4. The molecule has 5 heteroatoms. The highest BCUT2D eigenvalue weighted by molar-refractivity contribution is 5.76. The molecule has 0 spiro atoms. The zero-order valence-corrected chi connectivity index (χ0v) is 10.7. The summed E-state index contributed by atoms with van der Waals surface area (Å²) in [5, 5.41) is 10.4. The minimum absolute atomic E-state index is 0.131. The third-order valence-electron chi connectivity index (χ3n) is 1.60. The van der Waals surface area contributed by atoms with E-state index in [2.05, 4.69) is 19.2 Å². The first-order valence-corrected chi connectivity index (χ1v) is 5.76. The number of carbonyl (C=O) groups is 2. The number of carboxylic acids is 1. The minimum atomic E-state index is -1.10. The Hall–Kier alpha value is -2.04. The summed E-state index contributed by atoms with van der Waals surface area (Å²) >= 11 is 0. The molecule has 18 heavy (non-hydrogen) atoms. The predicted molar refractivity (Wildman–Crippen MR) is 68.2 cm³/mol. The quantitative estimate of drug-likeness (QED) is 0.864. The maximum atomic E-state index is 10.9. The van der Waals surface area contributed by atoms with Gasteiger partial charge in [-0.3, -0.25) is 4.79 Å². The van der Waals surface area contributed by atoms with Crippen LogP contribution in [0.15, 0.2) is 30.3 Å². The van der Waals surface area contributed by atoms with E-state index in [4.69, 9.17) is 9.84 Å². The fourth-order valence-electron chi connectivity index (χ4n) is 0.922. The van der Waals surface area contributed by atoms with Gasteiger partial charge in [0, 0.05) is 0 Å². The van der Waals surface area contributed by atoms with Crippen LogP contribution in [-0.4, -0.2) is 23.7 Å². The molecule has 0 radical (unpaired) electrons. The van der Waals surface area contributed by atoms with Crippen LogP contribution >= 0.6 is 0 Å². The molecule has 0 atom stereocenters. The van der Waals surface area contributed by atoms with E-state index in [-0.39, 0.29) is 6.61 Å². The van der Waals surface area contributed by atoms with Crippen LogP contribution in [0.1, 0.15) is 25.8 Å². The van der Waals surface area contributed by atoms with Gasteiger partial charge in [-0.2, -0.15) is 0 Å². The zero-order valence-electron chi connectivity index (χ0n) is 10.7. The molecule has 0 heterocycles. The van der Waals surface area contributed by atoms with Crippen molar-refractivity contribution in [2.24, 2.45) is 0 Å². The molecule has 0 aliphatic heterocycles. The first-order valence-electron chi connectivity index (χ1n) is 5.76. The fraction of sp³-hybridized carbons (Fsp3) is 0.385. The molecule has 1 amide bonds. The van der Waals surface area contributed by atoms with E-state index in [0.29, 0.717) is 0 Å². The Morgan fingerprint density at radius 1 is 1.22 bits per heavy atom. The van der Waals surface area contributed by atoms with Crippen LogP contribution in [0.25, 0.3) is 0 Å². The van der Waals surface area contributed by atoms with E-state index in [0.717, 1.165) is 5.56 Å². The first kappa shape index (κ1) is 16.0. The molecule has 0 saturated heterocycles. The summed E-state index contributed by atoms with van der Waals surface area (Å²) in [6, 6.07) is 9.13. The van der Waals surface area contributed by atoms with Gasteiger partial charge in [0.05, 0.1) is 0 Å². The average molecular weight is 253 g/mol. The predicted octanol–water partition coefficient (Wildman–Crippen LogP) is 2.41. The van der Waals surface area contributed by atoms with Crippen LogP contribution in [0, 0.1) is 0 Å². The number of hydrogen-bond donors (Lipinski definition) is 2. The van der Waals surface area contributed by atoms with E-state index in [9.17, 15) is 9.59 Å². The van der Waals surface area contributed by atoms with Crippen molar-refractivity contribution in [2.75, 3.05) is 6.54 Å². The highest BCUT2D eigenvalue weighted by Gasteiger charge is 2.04. The van der Waals surface area contributed by atoms with Crippen molar-refractivity contribution in [2.45, 2.75) is 26.9 Å². The number of hydrogen-bond acceptors (Lipinski definition) is 3. The van der Waals surface area contributed by atoms with Crippen LogP contribution in [0.2, 0.25) is 0 Å². The van der Waals surface area contributed by atoms with Crippen LogP contribution in [-0.2, 0) is 16.1 Å². The van der Waals surface area contributed by atoms with Crippen LogP contribution < -0.4 is 5.32 Å². The number of nitrogens with one attached hydrogen (secondary N) is 1. The summed E-state index contributed by atoms with van der Waals surface area (Å²) in [7, 11) is 0. The van der Waals surface area contributed by atoms with Gasteiger partial charge in [-0.1, -0.05) is 50.6 Å². The van der Waals surface area contributed by atoms with E-state index in [1.54, 1.807) is 0 Å². The van der Waals surface area contributed by atoms with Crippen LogP contribution in [0.4, 0.5) is 4.79 Å². The highest BCUT2D eigenvalue weighted by Crippen LogP contribution is 2.00. The highest BCUT2D eigenvalue weighted by atomic mass is 16.5. The second-order valence-corrected chi connectivity index (χ2v) is 3.52. The number of carboxylic acid groups (broad SMARTS) is 1. The number of benzene rings is 1. The Bertz CT molecular complexity index is 351. The van der Waals surface area contributed by atoms with E-state index in [1.165, 1.54) is 6.42 Å². The van der Waals surface area contributed by atoms with Gasteiger partial charge in [-0.05, 0) is 5.56 Å². The van der Waals surface area contributed by atoms with Crippen LogP contribution in [0.3, 0.4) is 0 Å². The maximum absolute atomic E-state index is 10.9. The van der Waals surface area contributed by atoms with Gasteiger partial charge in [0.2, 0.25) is 0 Å². The average Bonchev–Trinajstić information content (AvgIpc) is 2.36. The smallest absolute Gasteiger partial charge is 0.407 e. The van der Waals surface area contributed by atoms with Gasteiger partial charge in [0.15, 0.2) is 0 Å². The molecule has 0 unspecified atom stereocenters. The van der Waals surface area contributed by atoms with E-state index >= 15 is 0 Å². The molecule has 0 aliphatic carbocycles. The molecule has 5 nitrogen and oxygen atoms in total. The Balaban J connectivity index is 0.000000873. The SMILES string of the molecule is CCC.O=C(O)CNC(=O)OCc1ccccc1. The molecule has 0 fully saturated rings. The molecule has 1 aromatic rings. The van der Waals surface area contributed by atoms with Crippen molar-refractivity contribution in [3.05, 3.63) is 35.9 Å². The number of amides is 1. The largest absolute Gasteiger partial charge is 0.480 e. The molecule has 1 aromatic carbocycles. The van der Waals surface area contributed by atoms with E-state index < -0.39 is 18.6 Å². The molecule has 0 aromatic heterocycles. The van der Waals surface area contributed by atoms with Crippen molar-refractivity contribution in [1.82, 2.24) is 5.32 Å². The van der Waals surface area contributed by atoms with Crippen molar-refractivity contribution in [1.29, 1.82) is 0 Å². The van der Waals surface area contributed by atoms with Crippen molar-refractivity contribution in [3.8, 4) is 0 Å². The molecular weight excluding hydrogens is 234 g/mol. The van der Waals surface area contributed by atoms with Gasteiger partial charge >= 0.3 is 12.1 Å². The number of alkyl carbamates (subject to hydrolysis) is 1. The molecule has 0 aliphatic rings. The first-order chi connectivity index (χ1) is 8.60. The van der Waals surface area contributed by atoms with Gasteiger partial charge in [-0.15, -0.1) is 0 Å². The zero-order chi connectivity index (χ0) is 13.8. The van der Waals surface area contributed by atoms with Gasteiger partial charge in [0.25, 0.3) is 0 Å². The summed E-state index contributed by atoms with van der Waals surface area (Å²) in [6.45, 7) is 3.94. The van der Waals surface area contributed by atoms with E-state index in [1.807, 2.05) is 30.3 Å². The summed E-state index contributed by atoms with van der Waals surface area (Å²) in [5.41, 5.74) is 0.850. The summed E-state index contributed by atoms with van der Waals surface area (Å²) < 4.78 is 4.77. The number of rotatable bonds is 4. The number of carbonyl (C=O) groups excluding carboxylic acids is 1. The molecule has 1 rings (SSSR count). The molecule has 0 saturated carbocycles. The fourth-order valence-corrected chi connectivity index (χ4v) is 0.922. The Morgan fingerprint density at radius 3 is 2.28 bits per heavy atom. The van der Waals surface area contributed by atoms with Crippen LogP contribution in [0.5, 0.6) is 0 Å². The van der Waals surface area contributed by atoms with Crippen molar-refractivity contribution >= 4 is 12.1 Å². The third kappa shape index (κ3) is 9.21. The molecule has 2 N–H and O–H groups in total. The third-order valence-corrected chi connectivity index (χ3v) is 1.60. The second kappa shape index (κ2) is 10.1. The van der Waals surface area contributed by atoms with Gasteiger partial charge in [0.1, 0.15) is 13.2 Å². The Kier molecular flexibility index (Phi) is 8.99.